The highest BCUT2D eigenvalue weighted by Crippen LogP contribution is 2.46. The van der Waals surface area contributed by atoms with E-state index in [1.807, 2.05) is 29.2 Å². The van der Waals surface area contributed by atoms with Crippen LogP contribution in [0.3, 0.4) is 0 Å². The number of hydrogen-bond donors (Lipinski definition) is 0. The van der Waals surface area contributed by atoms with Crippen LogP contribution in [0.2, 0.25) is 0 Å². The maximum atomic E-state index is 12.3. The van der Waals surface area contributed by atoms with Gasteiger partial charge >= 0.3 is 6.09 Å². The molecule has 3 nitrogen and oxygen atoms in total. The van der Waals surface area contributed by atoms with E-state index in [1.54, 1.807) is 0 Å². The molecule has 4 heteroatoms. The molecule has 2 heterocycles. The summed E-state index contributed by atoms with van der Waals surface area (Å²) in [6.45, 7) is 6.77. The summed E-state index contributed by atoms with van der Waals surface area (Å²) in [5, 5.41) is -0.126. The highest BCUT2D eigenvalue weighted by molar-refractivity contribution is 6.23. The van der Waals surface area contributed by atoms with Crippen molar-refractivity contribution < 1.29 is 9.53 Å². The van der Waals surface area contributed by atoms with E-state index in [-0.39, 0.29) is 11.5 Å². The van der Waals surface area contributed by atoms with E-state index in [1.165, 1.54) is 11.1 Å². The van der Waals surface area contributed by atoms with Crippen molar-refractivity contribution in [2.24, 2.45) is 0 Å². The molecular formula is C18H22ClNO2. The third-order valence-corrected chi connectivity index (χ3v) is 5.64. The smallest absolute Gasteiger partial charge is 0.415 e. The Kier molecular flexibility index (Phi) is 3.94. The van der Waals surface area contributed by atoms with E-state index in [9.17, 15) is 4.79 Å². The standard InChI is InChI=1S/C18H22ClNO2/c1-12(2)13(3)8-9-18-11-22-17(21)20(18)15-7-5-4-6-14(15)10-16(18)19/h4-7,16H,8-11H2,1-3H3/t16-,18-/m1/s1. The van der Waals surface area contributed by atoms with Crippen LogP contribution >= 0.6 is 11.6 Å². The van der Waals surface area contributed by atoms with Crippen LogP contribution in [0.15, 0.2) is 35.4 Å². The monoisotopic (exact) mass is 319 g/mol. The molecule has 22 heavy (non-hydrogen) atoms. The first-order valence-electron chi connectivity index (χ1n) is 7.77. The van der Waals surface area contributed by atoms with Gasteiger partial charge in [-0.2, -0.15) is 0 Å². The first kappa shape index (κ1) is 15.4. The molecule has 1 aromatic rings. The molecule has 1 fully saturated rings. The third kappa shape index (κ3) is 2.32. The lowest BCUT2D eigenvalue weighted by Gasteiger charge is -2.44. The van der Waals surface area contributed by atoms with Crippen LogP contribution in [-0.4, -0.2) is 23.6 Å². The quantitative estimate of drug-likeness (QED) is 0.598. The van der Waals surface area contributed by atoms with Gasteiger partial charge in [0.15, 0.2) is 0 Å². The molecule has 2 atom stereocenters. The van der Waals surface area contributed by atoms with Crippen molar-refractivity contribution >= 4 is 23.4 Å². The van der Waals surface area contributed by atoms with E-state index in [0.29, 0.717) is 6.61 Å². The number of para-hydroxylation sites is 1. The van der Waals surface area contributed by atoms with Crippen molar-refractivity contribution in [2.45, 2.75) is 50.9 Å². The van der Waals surface area contributed by atoms with Gasteiger partial charge in [-0.15, -0.1) is 11.6 Å². The molecular weight excluding hydrogens is 298 g/mol. The second kappa shape index (κ2) is 5.62. The second-order valence-corrected chi connectivity index (χ2v) is 7.10. The van der Waals surface area contributed by atoms with Crippen molar-refractivity contribution in [3.8, 4) is 0 Å². The Balaban J connectivity index is 1.99. The number of nitrogens with zero attached hydrogens (tertiary/aromatic N) is 1. The number of fused-ring (bicyclic) bond motifs is 3. The molecule has 1 aromatic carbocycles. The van der Waals surface area contributed by atoms with E-state index in [2.05, 4.69) is 20.8 Å². The number of amides is 1. The van der Waals surface area contributed by atoms with E-state index >= 15 is 0 Å². The lowest BCUT2D eigenvalue weighted by Crippen LogP contribution is -2.57. The van der Waals surface area contributed by atoms with Crippen LogP contribution in [0.1, 0.15) is 39.2 Å². The molecule has 0 saturated carbocycles. The van der Waals surface area contributed by atoms with Crippen LogP contribution in [0.4, 0.5) is 10.5 Å². The fourth-order valence-corrected chi connectivity index (χ4v) is 3.78. The molecule has 1 saturated heterocycles. The largest absolute Gasteiger partial charge is 0.447 e. The Bertz CT molecular complexity index is 636. The SMILES string of the molecule is CC(C)=C(C)CC[C@]12COC(=O)N1c1ccccc1C[C@H]2Cl. The molecule has 0 unspecified atom stereocenters. The molecule has 0 aliphatic carbocycles. The molecule has 2 aliphatic heterocycles. The van der Waals surface area contributed by atoms with Crippen LogP contribution in [-0.2, 0) is 11.2 Å². The summed E-state index contributed by atoms with van der Waals surface area (Å²) in [5.74, 6) is 0. The van der Waals surface area contributed by atoms with Gasteiger partial charge in [-0.1, -0.05) is 29.3 Å². The molecule has 0 N–H and O–H groups in total. The fourth-order valence-electron chi connectivity index (χ4n) is 3.35. The number of carbonyl (C=O) groups excluding carboxylic acids is 1. The van der Waals surface area contributed by atoms with Gasteiger partial charge in [0.05, 0.1) is 11.1 Å². The Labute approximate surface area is 136 Å². The highest BCUT2D eigenvalue weighted by Gasteiger charge is 2.55. The van der Waals surface area contributed by atoms with Gasteiger partial charge in [0, 0.05) is 0 Å². The van der Waals surface area contributed by atoms with Crippen molar-refractivity contribution in [1.82, 2.24) is 0 Å². The Hall–Kier alpha value is -1.48. The van der Waals surface area contributed by atoms with Crippen molar-refractivity contribution in [1.29, 1.82) is 0 Å². The van der Waals surface area contributed by atoms with Crippen LogP contribution in [0, 0.1) is 0 Å². The first-order chi connectivity index (χ1) is 10.5. The molecule has 0 bridgehead atoms. The van der Waals surface area contributed by atoms with Gasteiger partial charge in [-0.25, -0.2) is 4.79 Å². The maximum absolute atomic E-state index is 12.3. The minimum atomic E-state index is -0.427. The number of hydrogen-bond acceptors (Lipinski definition) is 2. The average molecular weight is 320 g/mol. The highest BCUT2D eigenvalue weighted by atomic mass is 35.5. The zero-order valence-electron chi connectivity index (χ0n) is 13.4. The van der Waals surface area contributed by atoms with E-state index < -0.39 is 5.54 Å². The number of carbonyl (C=O) groups is 1. The Morgan fingerprint density at radius 2 is 2.09 bits per heavy atom. The summed E-state index contributed by atoms with van der Waals surface area (Å²) in [6.07, 6.45) is 2.27. The van der Waals surface area contributed by atoms with E-state index in [4.69, 9.17) is 16.3 Å². The van der Waals surface area contributed by atoms with Gasteiger partial charge in [0.2, 0.25) is 0 Å². The van der Waals surface area contributed by atoms with E-state index in [0.717, 1.165) is 30.5 Å². The summed E-state index contributed by atoms with van der Waals surface area (Å²) in [7, 11) is 0. The minimum absolute atomic E-state index is 0.126. The summed E-state index contributed by atoms with van der Waals surface area (Å²) in [5.41, 5.74) is 4.34. The number of rotatable bonds is 3. The predicted octanol–water partition coefficient (Wildman–Crippen LogP) is 4.68. The number of cyclic esters (lactones) is 1. The van der Waals surface area contributed by atoms with Gasteiger partial charge < -0.3 is 4.74 Å². The molecule has 118 valence electrons. The average Bonchev–Trinajstić information content (AvgIpc) is 2.84. The molecule has 1 amide bonds. The van der Waals surface area contributed by atoms with Crippen molar-refractivity contribution in [3.63, 3.8) is 0 Å². The fraction of sp³-hybridized carbons (Fsp3) is 0.500. The van der Waals surface area contributed by atoms with Gasteiger partial charge in [0.1, 0.15) is 12.1 Å². The zero-order chi connectivity index (χ0) is 15.9. The molecule has 0 spiro atoms. The van der Waals surface area contributed by atoms with Crippen LogP contribution in [0.25, 0.3) is 0 Å². The van der Waals surface area contributed by atoms with Gasteiger partial charge in [-0.05, 0) is 51.7 Å². The molecule has 3 rings (SSSR count). The van der Waals surface area contributed by atoms with Crippen molar-refractivity contribution in [2.75, 3.05) is 11.5 Å². The van der Waals surface area contributed by atoms with Crippen LogP contribution in [0.5, 0.6) is 0 Å². The topological polar surface area (TPSA) is 29.5 Å². The third-order valence-electron chi connectivity index (χ3n) is 5.07. The summed E-state index contributed by atoms with van der Waals surface area (Å²) < 4.78 is 5.41. The number of alkyl halides is 1. The maximum Gasteiger partial charge on any atom is 0.415 e. The number of halogens is 1. The van der Waals surface area contributed by atoms with Gasteiger partial charge in [0.25, 0.3) is 0 Å². The normalized spacial score (nSPS) is 26.3. The predicted molar refractivity (Wildman–Crippen MR) is 89.6 cm³/mol. The number of ether oxygens (including phenoxy) is 1. The summed E-state index contributed by atoms with van der Waals surface area (Å²) in [6, 6.07) is 7.99. The summed E-state index contributed by atoms with van der Waals surface area (Å²) >= 11 is 6.74. The second-order valence-electron chi connectivity index (χ2n) is 6.57. The Morgan fingerprint density at radius 3 is 2.82 bits per heavy atom. The number of benzene rings is 1. The van der Waals surface area contributed by atoms with Gasteiger partial charge in [-0.3, -0.25) is 4.90 Å². The minimum Gasteiger partial charge on any atom is -0.447 e. The molecule has 2 aliphatic rings. The molecule has 0 radical (unpaired) electrons. The number of anilines is 1. The zero-order valence-corrected chi connectivity index (χ0v) is 14.1. The lowest BCUT2D eigenvalue weighted by molar-refractivity contribution is 0.170. The molecule has 0 aromatic heterocycles. The Morgan fingerprint density at radius 1 is 1.36 bits per heavy atom. The lowest BCUT2D eigenvalue weighted by atomic mass is 9.80. The summed E-state index contributed by atoms with van der Waals surface area (Å²) in [4.78, 5) is 14.1. The number of allylic oxidation sites excluding steroid dienone is 2. The van der Waals surface area contributed by atoms with Crippen molar-refractivity contribution in [3.05, 3.63) is 41.0 Å². The van der Waals surface area contributed by atoms with Crippen LogP contribution < -0.4 is 4.90 Å². The first-order valence-corrected chi connectivity index (χ1v) is 8.21.